The van der Waals surface area contributed by atoms with E-state index in [0.717, 1.165) is 37.7 Å². The van der Waals surface area contributed by atoms with Gasteiger partial charge in [0, 0.05) is 51.2 Å². The first-order chi connectivity index (χ1) is 13.0. The van der Waals surface area contributed by atoms with E-state index in [1.165, 1.54) is 5.56 Å². The number of aromatic nitrogens is 2. The topological polar surface area (TPSA) is 57.5 Å². The van der Waals surface area contributed by atoms with Crippen molar-refractivity contribution >= 4 is 5.96 Å². The highest BCUT2D eigenvalue weighted by atomic mass is 15.3. The van der Waals surface area contributed by atoms with Crippen LogP contribution in [0.1, 0.15) is 33.3 Å². The Bertz CT molecular complexity index is 665. The minimum atomic E-state index is 0.548. The highest BCUT2D eigenvalue weighted by Crippen LogP contribution is 2.08. The number of hydrogen-bond donors (Lipinski definition) is 2. The zero-order valence-corrected chi connectivity index (χ0v) is 17.3. The van der Waals surface area contributed by atoms with Crippen LogP contribution in [0.4, 0.5) is 0 Å². The lowest BCUT2D eigenvalue weighted by molar-refractivity contribution is 0.178. The molecule has 148 valence electrons. The highest BCUT2D eigenvalue weighted by molar-refractivity contribution is 5.79. The molecular formula is C21H34N6. The summed E-state index contributed by atoms with van der Waals surface area (Å²) in [5.41, 5.74) is 2.37. The summed E-state index contributed by atoms with van der Waals surface area (Å²) in [6, 6.07) is 11.5. The van der Waals surface area contributed by atoms with Crippen molar-refractivity contribution < 1.29 is 0 Å². The molecule has 0 fully saturated rings. The number of nitrogens with one attached hydrogen (secondary N) is 2. The second-order valence-electron chi connectivity index (χ2n) is 7.22. The van der Waals surface area contributed by atoms with Gasteiger partial charge in [0.25, 0.3) is 0 Å². The lowest BCUT2D eigenvalue weighted by Gasteiger charge is -2.30. The van der Waals surface area contributed by atoms with Gasteiger partial charge in [0.2, 0.25) is 0 Å². The molecule has 0 atom stereocenters. The van der Waals surface area contributed by atoms with Gasteiger partial charge < -0.3 is 10.6 Å². The standard InChI is InChI=1S/C21H34N6/c1-17(2)26(18(3)4)16-14-24-21(22-5)23-13-11-19-7-9-20(10-8-19)27-15-6-12-25-27/h6-10,12,15,17-18H,11,13-14,16H2,1-5H3,(H2,22,23,24). The Labute approximate surface area is 163 Å². The van der Waals surface area contributed by atoms with E-state index in [1.807, 2.05) is 24.0 Å². The number of rotatable bonds is 9. The van der Waals surface area contributed by atoms with E-state index in [-0.39, 0.29) is 0 Å². The second-order valence-corrected chi connectivity index (χ2v) is 7.22. The van der Waals surface area contributed by atoms with Crippen molar-refractivity contribution in [2.24, 2.45) is 4.99 Å². The first kappa shape index (κ1) is 21.0. The Morgan fingerprint density at radius 2 is 1.74 bits per heavy atom. The molecule has 0 aliphatic rings. The van der Waals surface area contributed by atoms with E-state index in [0.29, 0.717) is 12.1 Å². The molecule has 2 N–H and O–H groups in total. The molecule has 1 heterocycles. The monoisotopic (exact) mass is 370 g/mol. The van der Waals surface area contributed by atoms with E-state index < -0.39 is 0 Å². The molecule has 1 aromatic carbocycles. The summed E-state index contributed by atoms with van der Waals surface area (Å²) in [6.45, 7) is 11.7. The molecule has 0 saturated heterocycles. The van der Waals surface area contributed by atoms with E-state index >= 15 is 0 Å². The summed E-state index contributed by atoms with van der Waals surface area (Å²) in [5, 5.41) is 11.1. The lowest BCUT2D eigenvalue weighted by atomic mass is 10.1. The Morgan fingerprint density at radius 1 is 1.07 bits per heavy atom. The molecule has 0 bridgehead atoms. The molecule has 0 aliphatic heterocycles. The van der Waals surface area contributed by atoms with Gasteiger partial charge in [-0.1, -0.05) is 12.1 Å². The zero-order valence-electron chi connectivity index (χ0n) is 17.3. The fourth-order valence-electron chi connectivity index (χ4n) is 3.20. The molecule has 0 amide bonds. The normalized spacial score (nSPS) is 12.2. The zero-order chi connectivity index (χ0) is 19.6. The van der Waals surface area contributed by atoms with Crippen molar-refractivity contribution in [2.75, 3.05) is 26.7 Å². The summed E-state index contributed by atoms with van der Waals surface area (Å²) in [4.78, 5) is 6.79. The Kier molecular flexibility index (Phi) is 8.33. The fourth-order valence-corrected chi connectivity index (χ4v) is 3.20. The number of benzene rings is 1. The van der Waals surface area contributed by atoms with Crippen LogP contribution in [0.2, 0.25) is 0 Å². The third kappa shape index (κ3) is 6.71. The third-order valence-corrected chi connectivity index (χ3v) is 4.62. The van der Waals surface area contributed by atoms with Crippen LogP contribution in [0, 0.1) is 0 Å². The number of nitrogens with zero attached hydrogens (tertiary/aromatic N) is 4. The van der Waals surface area contributed by atoms with E-state index in [2.05, 4.69) is 77.6 Å². The summed E-state index contributed by atoms with van der Waals surface area (Å²) >= 11 is 0. The van der Waals surface area contributed by atoms with Gasteiger partial charge in [-0.25, -0.2) is 4.68 Å². The smallest absolute Gasteiger partial charge is 0.191 e. The predicted octanol–water partition coefficient (Wildman–Crippen LogP) is 2.70. The van der Waals surface area contributed by atoms with Gasteiger partial charge in [-0.15, -0.1) is 0 Å². The number of aliphatic imine (C=N–C) groups is 1. The number of hydrogen-bond acceptors (Lipinski definition) is 3. The SMILES string of the molecule is CN=C(NCCc1ccc(-n2cccn2)cc1)NCCN(C(C)C)C(C)C. The third-order valence-electron chi connectivity index (χ3n) is 4.62. The molecule has 6 nitrogen and oxygen atoms in total. The minimum absolute atomic E-state index is 0.548. The summed E-state index contributed by atoms with van der Waals surface area (Å²) < 4.78 is 1.87. The summed E-state index contributed by atoms with van der Waals surface area (Å²) in [6.07, 6.45) is 4.69. The maximum absolute atomic E-state index is 4.32. The van der Waals surface area contributed by atoms with E-state index in [1.54, 1.807) is 6.20 Å². The van der Waals surface area contributed by atoms with Crippen molar-refractivity contribution in [3.8, 4) is 5.69 Å². The maximum atomic E-state index is 4.32. The first-order valence-electron chi connectivity index (χ1n) is 9.80. The second kappa shape index (κ2) is 10.7. The van der Waals surface area contributed by atoms with Crippen LogP contribution in [0.5, 0.6) is 0 Å². The largest absolute Gasteiger partial charge is 0.356 e. The fraction of sp³-hybridized carbons (Fsp3) is 0.524. The average molecular weight is 371 g/mol. The quantitative estimate of drug-likeness (QED) is 0.526. The summed E-state index contributed by atoms with van der Waals surface area (Å²) in [5.74, 6) is 0.857. The van der Waals surface area contributed by atoms with Crippen LogP contribution in [0.15, 0.2) is 47.7 Å². The van der Waals surface area contributed by atoms with Crippen LogP contribution < -0.4 is 10.6 Å². The van der Waals surface area contributed by atoms with Gasteiger partial charge in [-0.3, -0.25) is 9.89 Å². The molecule has 0 radical (unpaired) electrons. The van der Waals surface area contributed by atoms with Crippen molar-refractivity contribution in [2.45, 2.75) is 46.2 Å². The van der Waals surface area contributed by atoms with Crippen molar-refractivity contribution in [1.29, 1.82) is 0 Å². The molecule has 0 spiro atoms. The van der Waals surface area contributed by atoms with Crippen LogP contribution in [-0.4, -0.2) is 59.4 Å². The molecule has 0 aliphatic carbocycles. The molecular weight excluding hydrogens is 336 g/mol. The Morgan fingerprint density at radius 3 is 2.30 bits per heavy atom. The van der Waals surface area contributed by atoms with Gasteiger partial charge in [0.05, 0.1) is 5.69 Å². The van der Waals surface area contributed by atoms with Gasteiger partial charge in [0.1, 0.15) is 0 Å². The Hall–Kier alpha value is -2.34. The van der Waals surface area contributed by atoms with Crippen molar-refractivity contribution in [1.82, 2.24) is 25.3 Å². The van der Waals surface area contributed by atoms with Gasteiger partial charge >= 0.3 is 0 Å². The molecule has 2 rings (SSSR count). The van der Waals surface area contributed by atoms with Crippen molar-refractivity contribution in [3.63, 3.8) is 0 Å². The Balaban J connectivity index is 1.73. The average Bonchev–Trinajstić information content (AvgIpc) is 3.18. The van der Waals surface area contributed by atoms with Gasteiger partial charge in [0.15, 0.2) is 5.96 Å². The minimum Gasteiger partial charge on any atom is -0.356 e. The first-order valence-corrected chi connectivity index (χ1v) is 9.80. The maximum Gasteiger partial charge on any atom is 0.191 e. The van der Waals surface area contributed by atoms with Crippen LogP contribution in [0.3, 0.4) is 0 Å². The van der Waals surface area contributed by atoms with E-state index in [9.17, 15) is 0 Å². The van der Waals surface area contributed by atoms with Crippen LogP contribution >= 0.6 is 0 Å². The molecule has 27 heavy (non-hydrogen) atoms. The van der Waals surface area contributed by atoms with Crippen LogP contribution in [-0.2, 0) is 6.42 Å². The number of guanidine groups is 1. The molecule has 0 unspecified atom stereocenters. The molecule has 2 aromatic rings. The van der Waals surface area contributed by atoms with Gasteiger partial charge in [-0.05, 0) is 57.9 Å². The van der Waals surface area contributed by atoms with Crippen LogP contribution in [0.25, 0.3) is 5.69 Å². The van der Waals surface area contributed by atoms with Gasteiger partial charge in [-0.2, -0.15) is 5.10 Å². The van der Waals surface area contributed by atoms with Crippen molar-refractivity contribution in [3.05, 3.63) is 48.3 Å². The molecule has 0 saturated carbocycles. The predicted molar refractivity (Wildman–Crippen MR) is 114 cm³/mol. The lowest BCUT2D eigenvalue weighted by Crippen LogP contribution is -2.45. The molecule has 6 heteroatoms. The van der Waals surface area contributed by atoms with E-state index in [4.69, 9.17) is 0 Å². The molecule has 1 aromatic heterocycles. The summed E-state index contributed by atoms with van der Waals surface area (Å²) in [7, 11) is 1.82. The highest BCUT2D eigenvalue weighted by Gasteiger charge is 2.12.